The Morgan fingerprint density at radius 3 is 3.08 bits per heavy atom. The van der Waals surface area contributed by atoms with E-state index >= 15 is 0 Å². The van der Waals surface area contributed by atoms with Gasteiger partial charge in [-0.15, -0.1) is 0 Å². The van der Waals surface area contributed by atoms with Gasteiger partial charge in [0, 0.05) is 6.04 Å². The quantitative estimate of drug-likeness (QED) is 0.505. The Kier molecular flexibility index (Phi) is 2.74. The molecule has 72 valence electrons. The summed E-state index contributed by atoms with van der Waals surface area (Å²) in [5.41, 5.74) is 6.79. The maximum absolute atomic E-state index is 6.79. The molecule has 0 spiro atoms. The molecule has 0 saturated carbocycles. The summed E-state index contributed by atoms with van der Waals surface area (Å²) in [5.74, 6) is 1.57. The van der Waals surface area contributed by atoms with Gasteiger partial charge in [0.25, 0.3) is 0 Å². The summed E-state index contributed by atoms with van der Waals surface area (Å²) in [7, 11) is 0. The number of hydrogen-bond acceptors (Lipinski definition) is 3. The van der Waals surface area contributed by atoms with Crippen molar-refractivity contribution in [3.63, 3.8) is 0 Å². The van der Waals surface area contributed by atoms with Crippen molar-refractivity contribution in [2.24, 2.45) is 17.0 Å². The highest BCUT2D eigenvalue weighted by Crippen LogP contribution is 2.33. The SMILES string of the molecule is N=NCCC1CNC2CC=CCC12. The molecule has 3 heteroatoms. The summed E-state index contributed by atoms with van der Waals surface area (Å²) in [6, 6.07) is 0.709. The molecule has 0 amide bonds. The highest BCUT2D eigenvalue weighted by molar-refractivity contribution is 5.03. The molecule has 0 aromatic rings. The summed E-state index contributed by atoms with van der Waals surface area (Å²) >= 11 is 0. The van der Waals surface area contributed by atoms with E-state index in [4.69, 9.17) is 5.53 Å². The van der Waals surface area contributed by atoms with E-state index in [0.29, 0.717) is 12.6 Å². The minimum Gasteiger partial charge on any atom is -0.313 e. The Balaban J connectivity index is 1.91. The van der Waals surface area contributed by atoms with Crippen molar-refractivity contribution in [1.29, 1.82) is 5.53 Å². The van der Waals surface area contributed by atoms with E-state index in [1.54, 1.807) is 0 Å². The molecule has 1 fully saturated rings. The molecule has 1 heterocycles. The largest absolute Gasteiger partial charge is 0.313 e. The Hall–Kier alpha value is -0.700. The second-order valence-corrected chi connectivity index (χ2v) is 4.05. The van der Waals surface area contributed by atoms with Gasteiger partial charge >= 0.3 is 0 Å². The number of rotatable bonds is 3. The van der Waals surface area contributed by atoms with Crippen LogP contribution in [0.15, 0.2) is 17.3 Å². The molecule has 1 aliphatic carbocycles. The third-order valence-corrected chi connectivity index (χ3v) is 3.34. The standard InChI is InChI=1S/C10H17N3/c11-13-6-5-8-7-12-10-4-2-1-3-9(8)10/h1-2,8-12H,3-7H2. The molecule has 0 aromatic carbocycles. The van der Waals surface area contributed by atoms with Gasteiger partial charge in [-0.25, -0.2) is 5.53 Å². The fourth-order valence-corrected chi connectivity index (χ4v) is 2.59. The van der Waals surface area contributed by atoms with Gasteiger partial charge in [-0.3, -0.25) is 0 Å². The van der Waals surface area contributed by atoms with Crippen LogP contribution in [0.5, 0.6) is 0 Å². The Bertz CT molecular complexity index is 212. The molecule has 2 aliphatic rings. The van der Waals surface area contributed by atoms with Crippen LogP contribution in [0.4, 0.5) is 0 Å². The predicted octanol–water partition coefficient (Wildman–Crippen LogP) is 1.96. The van der Waals surface area contributed by atoms with Crippen LogP contribution in [-0.4, -0.2) is 19.1 Å². The molecule has 3 atom stereocenters. The summed E-state index contributed by atoms with van der Waals surface area (Å²) in [5, 5.41) is 7.00. The van der Waals surface area contributed by atoms with Gasteiger partial charge < -0.3 is 5.32 Å². The highest BCUT2D eigenvalue weighted by atomic mass is 15.0. The molecule has 2 N–H and O–H groups in total. The maximum Gasteiger partial charge on any atom is 0.0599 e. The van der Waals surface area contributed by atoms with E-state index in [-0.39, 0.29) is 0 Å². The Labute approximate surface area is 79.1 Å². The summed E-state index contributed by atoms with van der Waals surface area (Å²) in [6.45, 7) is 1.84. The van der Waals surface area contributed by atoms with Gasteiger partial charge in [-0.2, -0.15) is 5.11 Å². The van der Waals surface area contributed by atoms with Crippen LogP contribution in [0.25, 0.3) is 0 Å². The van der Waals surface area contributed by atoms with Crippen LogP contribution < -0.4 is 5.32 Å². The van der Waals surface area contributed by atoms with Crippen molar-refractivity contribution in [2.75, 3.05) is 13.1 Å². The second kappa shape index (κ2) is 4.01. The Morgan fingerprint density at radius 2 is 2.23 bits per heavy atom. The van der Waals surface area contributed by atoms with E-state index in [2.05, 4.69) is 22.6 Å². The monoisotopic (exact) mass is 179 g/mol. The topological polar surface area (TPSA) is 48.2 Å². The van der Waals surface area contributed by atoms with Gasteiger partial charge in [-0.1, -0.05) is 12.2 Å². The van der Waals surface area contributed by atoms with Crippen molar-refractivity contribution in [3.8, 4) is 0 Å². The molecule has 0 radical (unpaired) electrons. The van der Waals surface area contributed by atoms with E-state index < -0.39 is 0 Å². The van der Waals surface area contributed by atoms with Crippen LogP contribution in [-0.2, 0) is 0 Å². The zero-order valence-corrected chi connectivity index (χ0v) is 7.87. The molecular formula is C10H17N3. The Morgan fingerprint density at radius 1 is 1.38 bits per heavy atom. The fraction of sp³-hybridized carbons (Fsp3) is 0.800. The molecule has 3 unspecified atom stereocenters. The zero-order valence-electron chi connectivity index (χ0n) is 7.87. The van der Waals surface area contributed by atoms with Crippen LogP contribution >= 0.6 is 0 Å². The third-order valence-electron chi connectivity index (χ3n) is 3.34. The van der Waals surface area contributed by atoms with Gasteiger partial charge in [0.2, 0.25) is 0 Å². The maximum atomic E-state index is 6.79. The first-order valence-corrected chi connectivity index (χ1v) is 5.13. The third kappa shape index (κ3) is 1.80. The summed E-state index contributed by atoms with van der Waals surface area (Å²) < 4.78 is 0. The lowest BCUT2D eigenvalue weighted by Crippen LogP contribution is -2.28. The molecular weight excluding hydrogens is 162 g/mol. The summed E-state index contributed by atoms with van der Waals surface area (Å²) in [4.78, 5) is 0. The molecule has 2 rings (SSSR count). The van der Waals surface area contributed by atoms with E-state index in [1.165, 1.54) is 12.8 Å². The van der Waals surface area contributed by atoms with Gasteiger partial charge in [0.05, 0.1) is 6.54 Å². The number of fused-ring (bicyclic) bond motifs is 1. The van der Waals surface area contributed by atoms with Crippen molar-refractivity contribution in [2.45, 2.75) is 25.3 Å². The lowest BCUT2D eigenvalue weighted by Gasteiger charge is -2.24. The minimum atomic E-state index is 0.708. The van der Waals surface area contributed by atoms with Crippen LogP contribution in [0.2, 0.25) is 0 Å². The van der Waals surface area contributed by atoms with Gasteiger partial charge in [0.1, 0.15) is 0 Å². The summed E-state index contributed by atoms with van der Waals surface area (Å²) in [6.07, 6.45) is 8.09. The second-order valence-electron chi connectivity index (χ2n) is 4.05. The highest BCUT2D eigenvalue weighted by Gasteiger charge is 2.34. The number of nitrogens with zero attached hydrogens (tertiary/aromatic N) is 1. The molecule has 1 aliphatic heterocycles. The molecule has 3 nitrogen and oxygen atoms in total. The zero-order chi connectivity index (χ0) is 9.10. The lowest BCUT2D eigenvalue weighted by atomic mass is 9.82. The van der Waals surface area contributed by atoms with E-state index in [0.717, 1.165) is 24.8 Å². The van der Waals surface area contributed by atoms with Crippen LogP contribution in [0.1, 0.15) is 19.3 Å². The molecule has 0 bridgehead atoms. The van der Waals surface area contributed by atoms with Crippen molar-refractivity contribution in [3.05, 3.63) is 12.2 Å². The number of allylic oxidation sites excluding steroid dienone is 1. The van der Waals surface area contributed by atoms with Crippen molar-refractivity contribution in [1.82, 2.24) is 5.32 Å². The van der Waals surface area contributed by atoms with Crippen molar-refractivity contribution < 1.29 is 0 Å². The number of hydrogen-bond donors (Lipinski definition) is 2. The molecule has 0 aromatic heterocycles. The normalized spacial score (nSPS) is 37.4. The lowest BCUT2D eigenvalue weighted by molar-refractivity contribution is 0.341. The molecule has 1 saturated heterocycles. The first-order valence-electron chi connectivity index (χ1n) is 5.13. The van der Waals surface area contributed by atoms with Gasteiger partial charge in [0.15, 0.2) is 0 Å². The van der Waals surface area contributed by atoms with Crippen molar-refractivity contribution >= 4 is 0 Å². The van der Waals surface area contributed by atoms with E-state index in [1.807, 2.05) is 0 Å². The average molecular weight is 179 g/mol. The van der Waals surface area contributed by atoms with Gasteiger partial charge in [-0.05, 0) is 37.6 Å². The molecule has 13 heavy (non-hydrogen) atoms. The fourth-order valence-electron chi connectivity index (χ4n) is 2.59. The van der Waals surface area contributed by atoms with Crippen LogP contribution in [0.3, 0.4) is 0 Å². The van der Waals surface area contributed by atoms with Crippen LogP contribution in [0, 0.1) is 17.4 Å². The number of nitrogens with one attached hydrogen (secondary N) is 2. The van der Waals surface area contributed by atoms with E-state index in [9.17, 15) is 0 Å². The smallest absolute Gasteiger partial charge is 0.0599 e. The first-order chi connectivity index (χ1) is 6.42. The predicted molar refractivity (Wildman–Crippen MR) is 51.8 cm³/mol. The minimum absolute atomic E-state index is 0.708. The average Bonchev–Trinajstić information content (AvgIpc) is 2.58. The first kappa shape index (κ1) is 8.88.